The van der Waals surface area contributed by atoms with Crippen LogP contribution in [0.1, 0.15) is 19.4 Å². The minimum Gasteiger partial charge on any atom is -0.271 e. The largest absolute Gasteiger partial charge is 0.271 e. The summed E-state index contributed by atoms with van der Waals surface area (Å²) in [6, 6.07) is 5.23. The van der Waals surface area contributed by atoms with Crippen LogP contribution in [-0.2, 0) is 6.42 Å². The van der Waals surface area contributed by atoms with E-state index < -0.39 is 0 Å². The molecule has 3 N–H and O–H groups in total. The van der Waals surface area contributed by atoms with E-state index in [1.54, 1.807) is 6.07 Å². The summed E-state index contributed by atoms with van der Waals surface area (Å²) >= 11 is 5.11. The Labute approximate surface area is 115 Å². The van der Waals surface area contributed by atoms with E-state index in [9.17, 15) is 4.39 Å². The number of thioether (sulfide) groups is 1. The molecule has 0 spiro atoms. The van der Waals surface area contributed by atoms with Gasteiger partial charge in [0, 0.05) is 11.8 Å². The molecule has 0 bridgehead atoms. The van der Waals surface area contributed by atoms with Crippen LogP contribution in [0.4, 0.5) is 4.39 Å². The highest BCUT2D eigenvalue weighted by atomic mass is 79.9. The molecule has 1 unspecified atom stereocenters. The first kappa shape index (κ1) is 15.0. The van der Waals surface area contributed by atoms with Crippen molar-refractivity contribution in [3.63, 3.8) is 0 Å². The van der Waals surface area contributed by atoms with Gasteiger partial charge in [0.2, 0.25) is 0 Å². The van der Waals surface area contributed by atoms with Crippen LogP contribution in [0, 0.1) is 5.82 Å². The van der Waals surface area contributed by atoms with Gasteiger partial charge in [0.1, 0.15) is 5.82 Å². The van der Waals surface area contributed by atoms with Crippen molar-refractivity contribution < 1.29 is 4.39 Å². The molecule has 0 aliphatic rings. The SMILES string of the molecule is CC(C)SCC(Cc1cccc(F)c1Br)NN. The molecule has 0 aliphatic heterocycles. The molecule has 17 heavy (non-hydrogen) atoms. The van der Waals surface area contributed by atoms with E-state index >= 15 is 0 Å². The van der Waals surface area contributed by atoms with Crippen LogP contribution in [0.15, 0.2) is 22.7 Å². The van der Waals surface area contributed by atoms with E-state index in [2.05, 4.69) is 35.2 Å². The maximum Gasteiger partial charge on any atom is 0.137 e. The molecular weight excluding hydrogens is 303 g/mol. The lowest BCUT2D eigenvalue weighted by atomic mass is 10.1. The summed E-state index contributed by atoms with van der Waals surface area (Å²) in [6.07, 6.45) is 0.717. The summed E-state index contributed by atoms with van der Waals surface area (Å²) in [4.78, 5) is 0. The van der Waals surface area contributed by atoms with Crippen LogP contribution in [0.3, 0.4) is 0 Å². The van der Waals surface area contributed by atoms with Crippen LogP contribution in [-0.4, -0.2) is 17.0 Å². The second-order valence-electron chi connectivity index (χ2n) is 4.16. The predicted molar refractivity (Wildman–Crippen MR) is 76.5 cm³/mol. The number of halogens is 2. The number of hydrogen-bond donors (Lipinski definition) is 2. The molecule has 1 rings (SSSR count). The molecule has 0 radical (unpaired) electrons. The van der Waals surface area contributed by atoms with Gasteiger partial charge in [-0.25, -0.2) is 4.39 Å². The fourth-order valence-electron chi connectivity index (χ4n) is 1.45. The Kier molecular flexibility index (Phi) is 6.48. The van der Waals surface area contributed by atoms with E-state index in [4.69, 9.17) is 5.84 Å². The summed E-state index contributed by atoms with van der Waals surface area (Å²) in [5.41, 5.74) is 3.73. The van der Waals surface area contributed by atoms with Crippen molar-refractivity contribution in [2.24, 2.45) is 5.84 Å². The lowest BCUT2D eigenvalue weighted by molar-refractivity contribution is 0.567. The number of rotatable bonds is 6. The fraction of sp³-hybridized carbons (Fsp3) is 0.500. The third kappa shape index (κ3) is 4.95. The lowest BCUT2D eigenvalue weighted by Gasteiger charge is -2.17. The quantitative estimate of drug-likeness (QED) is 0.625. The standard InChI is InChI=1S/C12H18BrFN2S/c1-8(2)17-7-10(16-15)6-9-4-3-5-11(14)12(9)13/h3-5,8,10,16H,6-7,15H2,1-2H3. The smallest absolute Gasteiger partial charge is 0.137 e. The van der Waals surface area contributed by atoms with Crippen molar-refractivity contribution in [3.05, 3.63) is 34.1 Å². The molecule has 96 valence electrons. The molecule has 0 heterocycles. The molecule has 0 aliphatic carbocycles. The first-order valence-electron chi connectivity index (χ1n) is 5.55. The molecule has 1 atom stereocenters. The average molecular weight is 321 g/mol. The molecule has 0 saturated heterocycles. The molecule has 0 fully saturated rings. The predicted octanol–water partition coefficient (Wildman–Crippen LogP) is 3.10. The van der Waals surface area contributed by atoms with Crippen molar-refractivity contribution in [2.45, 2.75) is 31.6 Å². The second kappa shape index (κ2) is 7.36. The zero-order valence-corrected chi connectivity index (χ0v) is 12.4. The molecule has 0 saturated carbocycles. The van der Waals surface area contributed by atoms with Crippen LogP contribution in [0.25, 0.3) is 0 Å². The van der Waals surface area contributed by atoms with Gasteiger partial charge in [0.05, 0.1) is 4.47 Å². The third-order valence-electron chi connectivity index (χ3n) is 2.36. The van der Waals surface area contributed by atoms with Crippen LogP contribution >= 0.6 is 27.7 Å². The highest BCUT2D eigenvalue weighted by molar-refractivity contribution is 9.10. The fourth-order valence-corrected chi connectivity index (χ4v) is 2.70. The van der Waals surface area contributed by atoms with Gasteiger partial charge in [-0.15, -0.1) is 0 Å². The molecule has 0 aromatic heterocycles. The maximum atomic E-state index is 13.3. The normalized spacial score (nSPS) is 13.1. The highest BCUT2D eigenvalue weighted by Crippen LogP contribution is 2.22. The van der Waals surface area contributed by atoms with Crippen molar-refractivity contribution in [2.75, 3.05) is 5.75 Å². The second-order valence-corrected chi connectivity index (χ2v) is 6.57. The van der Waals surface area contributed by atoms with E-state index in [0.717, 1.165) is 11.3 Å². The van der Waals surface area contributed by atoms with Crippen molar-refractivity contribution in [1.29, 1.82) is 0 Å². The first-order valence-corrected chi connectivity index (χ1v) is 7.39. The Morgan fingerprint density at radius 2 is 2.18 bits per heavy atom. The van der Waals surface area contributed by atoms with Gasteiger partial charge in [0.25, 0.3) is 0 Å². The lowest BCUT2D eigenvalue weighted by Crippen LogP contribution is -2.39. The van der Waals surface area contributed by atoms with E-state index in [1.165, 1.54) is 6.07 Å². The number of hydrazine groups is 1. The van der Waals surface area contributed by atoms with Crippen LogP contribution < -0.4 is 11.3 Å². The number of hydrogen-bond acceptors (Lipinski definition) is 3. The first-order chi connectivity index (χ1) is 8.04. The Bertz CT molecular complexity index is 360. The van der Waals surface area contributed by atoms with Gasteiger partial charge in [-0.05, 0) is 39.2 Å². The van der Waals surface area contributed by atoms with Gasteiger partial charge >= 0.3 is 0 Å². The summed E-state index contributed by atoms with van der Waals surface area (Å²) < 4.78 is 13.9. The Balaban J connectivity index is 2.64. The molecule has 5 heteroatoms. The molecule has 1 aromatic carbocycles. The summed E-state index contributed by atoms with van der Waals surface area (Å²) in [5.74, 6) is 6.21. The van der Waals surface area contributed by atoms with Crippen molar-refractivity contribution in [3.8, 4) is 0 Å². The van der Waals surface area contributed by atoms with Gasteiger partial charge in [0.15, 0.2) is 0 Å². The van der Waals surface area contributed by atoms with Crippen LogP contribution in [0.2, 0.25) is 0 Å². The summed E-state index contributed by atoms with van der Waals surface area (Å²) in [5, 5.41) is 0.571. The van der Waals surface area contributed by atoms with Gasteiger partial charge in [-0.3, -0.25) is 11.3 Å². The zero-order chi connectivity index (χ0) is 12.8. The zero-order valence-electron chi connectivity index (χ0n) is 10.0. The number of benzene rings is 1. The minimum atomic E-state index is -0.227. The van der Waals surface area contributed by atoms with E-state index in [0.29, 0.717) is 16.1 Å². The van der Waals surface area contributed by atoms with E-state index in [-0.39, 0.29) is 11.9 Å². The maximum absolute atomic E-state index is 13.3. The van der Waals surface area contributed by atoms with E-state index in [1.807, 2.05) is 17.8 Å². The monoisotopic (exact) mass is 320 g/mol. The summed E-state index contributed by atoms with van der Waals surface area (Å²) in [7, 11) is 0. The Hall–Kier alpha value is -0.100. The van der Waals surface area contributed by atoms with Crippen LogP contribution in [0.5, 0.6) is 0 Å². The molecule has 0 amide bonds. The minimum absolute atomic E-state index is 0.153. The number of nitrogens with two attached hydrogens (primary N) is 1. The van der Waals surface area contributed by atoms with Crippen molar-refractivity contribution >= 4 is 27.7 Å². The van der Waals surface area contributed by atoms with Gasteiger partial charge in [-0.1, -0.05) is 26.0 Å². The highest BCUT2D eigenvalue weighted by Gasteiger charge is 2.12. The van der Waals surface area contributed by atoms with Gasteiger partial charge < -0.3 is 0 Å². The third-order valence-corrected chi connectivity index (χ3v) is 4.51. The average Bonchev–Trinajstić information content (AvgIpc) is 2.29. The van der Waals surface area contributed by atoms with Crippen molar-refractivity contribution in [1.82, 2.24) is 5.43 Å². The molecular formula is C12H18BrFN2S. The molecule has 1 aromatic rings. The summed E-state index contributed by atoms with van der Waals surface area (Å²) in [6.45, 7) is 4.30. The number of nitrogens with one attached hydrogen (secondary N) is 1. The van der Waals surface area contributed by atoms with Gasteiger partial charge in [-0.2, -0.15) is 11.8 Å². The Morgan fingerprint density at radius 3 is 2.76 bits per heavy atom. The topological polar surface area (TPSA) is 38.0 Å². The Morgan fingerprint density at radius 1 is 1.47 bits per heavy atom. The molecule has 2 nitrogen and oxygen atoms in total.